The predicted molar refractivity (Wildman–Crippen MR) is 63.8 cm³/mol. The lowest BCUT2D eigenvalue weighted by atomic mass is 9.89. The van der Waals surface area contributed by atoms with Gasteiger partial charge in [-0.05, 0) is 38.8 Å². The van der Waals surface area contributed by atoms with E-state index in [0.717, 1.165) is 38.8 Å². The van der Waals surface area contributed by atoms with E-state index >= 15 is 0 Å². The average Bonchev–Trinajstić information content (AvgIpc) is 2.71. The van der Waals surface area contributed by atoms with E-state index in [-0.39, 0.29) is 24.2 Å². The SMILES string of the molecule is COCC(=O)NC[C@@H]1CCC2(CCNCC2)O1. The number of carbonyl (C=O) groups excluding carboxylic acids is 1. The van der Waals surface area contributed by atoms with Crippen molar-refractivity contribution in [3.05, 3.63) is 0 Å². The maximum Gasteiger partial charge on any atom is 0.246 e. The minimum absolute atomic E-state index is 0.0673. The molecule has 2 saturated heterocycles. The molecule has 2 aliphatic heterocycles. The Balaban J connectivity index is 1.72. The molecule has 0 aromatic carbocycles. The molecule has 2 aliphatic rings. The summed E-state index contributed by atoms with van der Waals surface area (Å²) in [4.78, 5) is 11.3. The van der Waals surface area contributed by atoms with E-state index in [9.17, 15) is 4.79 Å². The summed E-state index contributed by atoms with van der Waals surface area (Å²) in [5.74, 6) is -0.0673. The van der Waals surface area contributed by atoms with Crippen LogP contribution in [0.5, 0.6) is 0 Å². The van der Waals surface area contributed by atoms with Crippen LogP contribution in [0.4, 0.5) is 0 Å². The molecule has 5 heteroatoms. The lowest BCUT2D eigenvalue weighted by Crippen LogP contribution is -2.43. The van der Waals surface area contributed by atoms with Gasteiger partial charge in [0.05, 0.1) is 11.7 Å². The molecule has 2 rings (SSSR count). The van der Waals surface area contributed by atoms with E-state index in [2.05, 4.69) is 10.6 Å². The van der Waals surface area contributed by atoms with E-state index in [1.54, 1.807) is 0 Å². The zero-order valence-electron chi connectivity index (χ0n) is 10.5. The molecule has 5 nitrogen and oxygen atoms in total. The molecule has 0 unspecified atom stereocenters. The third-order valence-corrected chi connectivity index (χ3v) is 3.66. The Labute approximate surface area is 102 Å². The molecular formula is C12H22N2O3. The molecule has 0 aromatic heterocycles. The van der Waals surface area contributed by atoms with Crippen LogP contribution in [-0.4, -0.2) is 51.0 Å². The van der Waals surface area contributed by atoms with Gasteiger partial charge in [-0.25, -0.2) is 0 Å². The maximum atomic E-state index is 11.3. The average molecular weight is 242 g/mol. The number of piperidine rings is 1. The summed E-state index contributed by atoms with van der Waals surface area (Å²) >= 11 is 0. The molecule has 17 heavy (non-hydrogen) atoms. The van der Waals surface area contributed by atoms with Crippen molar-refractivity contribution in [1.29, 1.82) is 0 Å². The van der Waals surface area contributed by atoms with Crippen LogP contribution in [0.3, 0.4) is 0 Å². The number of carbonyl (C=O) groups is 1. The lowest BCUT2D eigenvalue weighted by Gasteiger charge is -2.33. The standard InChI is InChI=1S/C12H22N2O3/c1-16-9-11(15)14-8-10-2-3-12(17-10)4-6-13-7-5-12/h10,13H,2-9H2,1H3,(H,14,15)/t10-/m0/s1. The topological polar surface area (TPSA) is 59.6 Å². The van der Waals surface area contributed by atoms with Crippen LogP contribution in [0.15, 0.2) is 0 Å². The molecule has 0 aliphatic carbocycles. The van der Waals surface area contributed by atoms with Crippen LogP contribution in [0, 0.1) is 0 Å². The van der Waals surface area contributed by atoms with E-state index in [1.165, 1.54) is 7.11 Å². The normalized spacial score (nSPS) is 27.2. The second kappa shape index (κ2) is 5.80. The van der Waals surface area contributed by atoms with Gasteiger partial charge in [0.15, 0.2) is 0 Å². The predicted octanol–water partition coefficient (Wildman–Crippen LogP) is 0.0502. The van der Waals surface area contributed by atoms with Gasteiger partial charge in [-0.15, -0.1) is 0 Å². The van der Waals surface area contributed by atoms with Crippen LogP contribution in [0.2, 0.25) is 0 Å². The van der Waals surface area contributed by atoms with Gasteiger partial charge in [0.2, 0.25) is 5.91 Å². The van der Waals surface area contributed by atoms with E-state index < -0.39 is 0 Å². The Morgan fingerprint density at radius 2 is 2.24 bits per heavy atom. The lowest BCUT2D eigenvalue weighted by molar-refractivity contribution is -0.126. The van der Waals surface area contributed by atoms with Crippen LogP contribution in [0.1, 0.15) is 25.7 Å². The molecule has 0 radical (unpaired) electrons. The molecule has 98 valence electrons. The Morgan fingerprint density at radius 1 is 1.47 bits per heavy atom. The highest BCUT2D eigenvalue weighted by Gasteiger charge is 2.40. The number of rotatable bonds is 4. The zero-order valence-corrected chi connectivity index (χ0v) is 10.5. The number of methoxy groups -OCH3 is 1. The van der Waals surface area contributed by atoms with E-state index in [0.29, 0.717) is 6.54 Å². The molecular weight excluding hydrogens is 220 g/mol. The van der Waals surface area contributed by atoms with Gasteiger partial charge in [0.25, 0.3) is 0 Å². The molecule has 1 atom stereocenters. The van der Waals surface area contributed by atoms with Crippen molar-refractivity contribution in [1.82, 2.24) is 10.6 Å². The number of amides is 1. The monoisotopic (exact) mass is 242 g/mol. The molecule has 2 heterocycles. The summed E-state index contributed by atoms with van der Waals surface area (Å²) in [5, 5.41) is 6.19. The largest absolute Gasteiger partial charge is 0.375 e. The van der Waals surface area contributed by atoms with Crippen molar-refractivity contribution < 1.29 is 14.3 Å². The summed E-state index contributed by atoms with van der Waals surface area (Å²) in [6, 6.07) is 0. The van der Waals surface area contributed by atoms with Crippen LogP contribution in [0.25, 0.3) is 0 Å². The number of hydrogen-bond donors (Lipinski definition) is 2. The highest BCUT2D eigenvalue weighted by molar-refractivity contribution is 5.77. The van der Waals surface area contributed by atoms with Gasteiger partial charge in [-0.2, -0.15) is 0 Å². The highest BCUT2D eigenvalue weighted by Crippen LogP contribution is 2.36. The molecule has 2 fully saturated rings. The Kier molecular flexibility index (Phi) is 4.36. The van der Waals surface area contributed by atoms with Crippen LogP contribution >= 0.6 is 0 Å². The molecule has 1 spiro atoms. The number of hydrogen-bond acceptors (Lipinski definition) is 4. The first-order chi connectivity index (χ1) is 8.24. The minimum atomic E-state index is -0.0673. The molecule has 0 aromatic rings. The number of nitrogens with one attached hydrogen (secondary N) is 2. The third kappa shape index (κ3) is 3.40. The summed E-state index contributed by atoms with van der Waals surface area (Å²) in [6.07, 6.45) is 4.53. The van der Waals surface area contributed by atoms with Gasteiger partial charge < -0.3 is 20.1 Å². The van der Waals surface area contributed by atoms with Crippen molar-refractivity contribution in [3.8, 4) is 0 Å². The van der Waals surface area contributed by atoms with E-state index in [1.807, 2.05) is 0 Å². The maximum absolute atomic E-state index is 11.3. The van der Waals surface area contributed by atoms with Gasteiger partial charge in [-0.1, -0.05) is 0 Å². The molecule has 0 bridgehead atoms. The first kappa shape index (κ1) is 12.8. The first-order valence-corrected chi connectivity index (χ1v) is 6.38. The van der Waals surface area contributed by atoms with Gasteiger partial charge in [0, 0.05) is 13.7 Å². The Bertz CT molecular complexity index is 264. The van der Waals surface area contributed by atoms with E-state index in [4.69, 9.17) is 9.47 Å². The second-order valence-electron chi connectivity index (χ2n) is 4.95. The summed E-state index contributed by atoms with van der Waals surface area (Å²) < 4.78 is 10.9. The fraction of sp³-hybridized carbons (Fsp3) is 0.917. The zero-order chi connectivity index (χ0) is 12.1. The molecule has 0 saturated carbocycles. The quantitative estimate of drug-likeness (QED) is 0.731. The highest BCUT2D eigenvalue weighted by atomic mass is 16.5. The third-order valence-electron chi connectivity index (χ3n) is 3.66. The van der Waals surface area contributed by atoms with Crippen molar-refractivity contribution in [2.45, 2.75) is 37.4 Å². The second-order valence-corrected chi connectivity index (χ2v) is 4.95. The summed E-state index contributed by atoms with van der Waals surface area (Å²) in [6.45, 7) is 2.82. The van der Waals surface area contributed by atoms with Crippen molar-refractivity contribution >= 4 is 5.91 Å². The van der Waals surface area contributed by atoms with Crippen molar-refractivity contribution in [3.63, 3.8) is 0 Å². The number of ether oxygens (including phenoxy) is 2. The summed E-state index contributed by atoms with van der Waals surface area (Å²) in [5.41, 5.74) is 0.0852. The fourth-order valence-electron chi connectivity index (χ4n) is 2.70. The van der Waals surface area contributed by atoms with Crippen LogP contribution in [-0.2, 0) is 14.3 Å². The fourth-order valence-corrected chi connectivity index (χ4v) is 2.70. The van der Waals surface area contributed by atoms with Gasteiger partial charge in [0.1, 0.15) is 6.61 Å². The minimum Gasteiger partial charge on any atom is -0.375 e. The first-order valence-electron chi connectivity index (χ1n) is 6.38. The van der Waals surface area contributed by atoms with Crippen molar-refractivity contribution in [2.24, 2.45) is 0 Å². The molecule has 2 N–H and O–H groups in total. The van der Waals surface area contributed by atoms with Gasteiger partial charge in [-0.3, -0.25) is 4.79 Å². The summed E-state index contributed by atoms with van der Waals surface area (Å²) in [7, 11) is 1.52. The Hall–Kier alpha value is -0.650. The molecule has 1 amide bonds. The van der Waals surface area contributed by atoms with Gasteiger partial charge >= 0.3 is 0 Å². The van der Waals surface area contributed by atoms with Crippen LogP contribution < -0.4 is 10.6 Å². The smallest absolute Gasteiger partial charge is 0.246 e. The van der Waals surface area contributed by atoms with Crippen molar-refractivity contribution in [2.75, 3.05) is 33.4 Å². The Morgan fingerprint density at radius 3 is 2.94 bits per heavy atom.